The molecule has 0 aliphatic rings. The van der Waals surface area contributed by atoms with E-state index in [0.717, 1.165) is 17.4 Å². The minimum atomic E-state index is 0.821. The van der Waals surface area contributed by atoms with Crippen molar-refractivity contribution in [1.29, 1.82) is 0 Å². The van der Waals surface area contributed by atoms with Crippen molar-refractivity contribution in [3.05, 3.63) is 35.4 Å². The van der Waals surface area contributed by atoms with Crippen LogP contribution in [0.5, 0.6) is 0 Å². The summed E-state index contributed by atoms with van der Waals surface area (Å²) >= 11 is 6.32. The third-order valence-corrected chi connectivity index (χ3v) is 4.19. The largest absolute Gasteiger partial charge is 0.179 e. The first kappa shape index (κ1) is 14.0. The lowest BCUT2D eigenvalue weighted by atomic mass is 10.1. The summed E-state index contributed by atoms with van der Waals surface area (Å²) in [6, 6.07) is 8.67. The van der Waals surface area contributed by atoms with E-state index in [2.05, 4.69) is 50.7 Å². The lowest BCUT2D eigenvalue weighted by Crippen LogP contribution is -1.97. The van der Waals surface area contributed by atoms with Crippen molar-refractivity contribution < 1.29 is 0 Å². The van der Waals surface area contributed by atoms with Gasteiger partial charge in [-0.15, -0.1) is 0 Å². The van der Waals surface area contributed by atoms with Gasteiger partial charge >= 0.3 is 0 Å². The summed E-state index contributed by atoms with van der Waals surface area (Å²) in [5.74, 6) is 4.26. The first-order valence-electron chi connectivity index (χ1n) is 5.97. The number of aryl methyl sites for hydroxylation is 1. The molecule has 0 saturated carbocycles. The van der Waals surface area contributed by atoms with Crippen molar-refractivity contribution in [2.75, 3.05) is 11.5 Å². The molecule has 0 N–H and O–H groups in total. The SMILES string of the molecule is Cc1ccccc1CSCCC(C)CCS. The van der Waals surface area contributed by atoms with Gasteiger partial charge in [0.2, 0.25) is 0 Å². The molecular formula is C14H22S2. The van der Waals surface area contributed by atoms with E-state index in [1.54, 1.807) is 0 Å². The zero-order valence-electron chi connectivity index (χ0n) is 10.3. The third-order valence-electron chi connectivity index (χ3n) is 2.90. The Labute approximate surface area is 110 Å². The Morgan fingerprint density at radius 3 is 2.69 bits per heavy atom. The molecule has 0 aliphatic carbocycles. The van der Waals surface area contributed by atoms with Crippen molar-refractivity contribution in [2.45, 2.75) is 32.4 Å². The van der Waals surface area contributed by atoms with E-state index in [1.165, 1.54) is 29.7 Å². The highest BCUT2D eigenvalue weighted by Crippen LogP contribution is 2.19. The summed E-state index contributed by atoms with van der Waals surface area (Å²) in [5.41, 5.74) is 2.90. The topological polar surface area (TPSA) is 0 Å². The van der Waals surface area contributed by atoms with Gasteiger partial charge in [0, 0.05) is 5.75 Å². The maximum absolute atomic E-state index is 4.27. The van der Waals surface area contributed by atoms with Gasteiger partial charge in [0.1, 0.15) is 0 Å². The fourth-order valence-corrected chi connectivity index (χ4v) is 3.30. The molecule has 1 aromatic rings. The second-order valence-corrected chi connectivity index (χ2v) is 5.94. The first-order valence-corrected chi connectivity index (χ1v) is 7.76. The zero-order valence-corrected chi connectivity index (χ0v) is 12.0. The molecule has 1 atom stereocenters. The minimum Gasteiger partial charge on any atom is -0.179 e. The van der Waals surface area contributed by atoms with Crippen LogP contribution in [0.2, 0.25) is 0 Å². The summed E-state index contributed by atoms with van der Waals surface area (Å²) in [5, 5.41) is 0. The van der Waals surface area contributed by atoms with E-state index < -0.39 is 0 Å². The quantitative estimate of drug-likeness (QED) is 0.549. The molecule has 90 valence electrons. The molecule has 0 heterocycles. The Bertz CT molecular complexity index is 297. The highest BCUT2D eigenvalue weighted by Gasteiger charge is 2.01. The summed E-state index contributed by atoms with van der Waals surface area (Å²) in [7, 11) is 0. The average molecular weight is 254 g/mol. The molecule has 0 spiro atoms. The van der Waals surface area contributed by atoms with Crippen LogP contribution in [0.15, 0.2) is 24.3 Å². The Morgan fingerprint density at radius 1 is 1.25 bits per heavy atom. The van der Waals surface area contributed by atoms with Gasteiger partial charge in [0.15, 0.2) is 0 Å². The molecule has 0 aliphatic heterocycles. The lowest BCUT2D eigenvalue weighted by molar-refractivity contribution is 0.554. The van der Waals surface area contributed by atoms with E-state index in [0.29, 0.717) is 0 Å². The summed E-state index contributed by atoms with van der Waals surface area (Å²) < 4.78 is 0. The maximum Gasteiger partial charge on any atom is 0.0187 e. The van der Waals surface area contributed by atoms with Crippen molar-refractivity contribution in [1.82, 2.24) is 0 Å². The molecule has 1 rings (SSSR count). The van der Waals surface area contributed by atoms with Crippen molar-refractivity contribution in [3.63, 3.8) is 0 Å². The van der Waals surface area contributed by atoms with Crippen molar-refractivity contribution in [3.8, 4) is 0 Å². The van der Waals surface area contributed by atoms with E-state index >= 15 is 0 Å². The smallest absolute Gasteiger partial charge is 0.0187 e. The molecule has 1 unspecified atom stereocenters. The van der Waals surface area contributed by atoms with E-state index in [4.69, 9.17) is 0 Å². The predicted octanol–water partition coefficient (Wildman–Crippen LogP) is 4.57. The van der Waals surface area contributed by atoms with Crippen LogP contribution in [0.1, 0.15) is 30.9 Å². The van der Waals surface area contributed by atoms with Crippen LogP contribution < -0.4 is 0 Å². The molecule has 16 heavy (non-hydrogen) atoms. The summed E-state index contributed by atoms with van der Waals surface area (Å²) in [6.45, 7) is 4.52. The van der Waals surface area contributed by atoms with Crippen LogP contribution in [0.3, 0.4) is 0 Å². The Kier molecular flexibility index (Phi) is 7.06. The van der Waals surface area contributed by atoms with Gasteiger partial charge in [0.25, 0.3) is 0 Å². The number of hydrogen-bond donors (Lipinski definition) is 1. The Balaban J connectivity index is 2.19. The number of thiol groups is 1. The fourth-order valence-electron chi connectivity index (χ4n) is 1.60. The third kappa shape index (κ3) is 5.31. The average Bonchev–Trinajstić information content (AvgIpc) is 2.27. The monoisotopic (exact) mass is 254 g/mol. The second-order valence-electron chi connectivity index (χ2n) is 4.39. The highest BCUT2D eigenvalue weighted by atomic mass is 32.2. The van der Waals surface area contributed by atoms with Gasteiger partial charge in [-0.1, -0.05) is 31.2 Å². The van der Waals surface area contributed by atoms with Crippen LogP contribution in [0.25, 0.3) is 0 Å². The molecular weight excluding hydrogens is 232 g/mol. The van der Waals surface area contributed by atoms with Crippen LogP contribution in [-0.2, 0) is 5.75 Å². The van der Waals surface area contributed by atoms with E-state index in [-0.39, 0.29) is 0 Å². The van der Waals surface area contributed by atoms with Gasteiger partial charge in [-0.05, 0) is 48.3 Å². The number of thioether (sulfide) groups is 1. The van der Waals surface area contributed by atoms with Gasteiger partial charge in [-0.2, -0.15) is 24.4 Å². The van der Waals surface area contributed by atoms with Gasteiger partial charge in [0.05, 0.1) is 0 Å². The van der Waals surface area contributed by atoms with Crippen LogP contribution >= 0.6 is 24.4 Å². The van der Waals surface area contributed by atoms with Gasteiger partial charge in [-0.25, -0.2) is 0 Å². The number of rotatable bonds is 7. The minimum absolute atomic E-state index is 0.821. The van der Waals surface area contributed by atoms with Crippen LogP contribution in [0, 0.1) is 12.8 Å². The molecule has 0 nitrogen and oxygen atoms in total. The summed E-state index contributed by atoms with van der Waals surface area (Å²) in [4.78, 5) is 0. The molecule has 1 aromatic carbocycles. The molecule has 0 bridgehead atoms. The summed E-state index contributed by atoms with van der Waals surface area (Å²) in [6.07, 6.45) is 2.56. The lowest BCUT2D eigenvalue weighted by Gasteiger charge is -2.09. The van der Waals surface area contributed by atoms with E-state index in [1.807, 2.05) is 11.8 Å². The first-order chi connectivity index (χ1) is 7.74. The standard InChI is InChI=1S/C14H22S2/c1-12(7-9-15)8-10-16-11-14-6-4-3-5-13(14)2/h3-6,12,15H,7-11H2,1-2H3. The van der Waals surface area contributed by atoms with Gasteiger partial charge < -0.3 is 0 Å². The number of benzene rings is 1. The molecule has 2 heteroatoms. The molecule has 0 aromatic heterocycles. The van der Waals surface area contributed by atoms with E-state index in [9.17, 15) is 0 Å². The molecule has 0 amide bonds. The van der Waals surface area contributed by atoms with Crippen LogP contribution in [-0.4, -0.2) is 11.5 Å². The molecule has 0 radical (unpaired) electrons. The molecule has 0 saturated heterocycles. The number of hydrogen-bond acceptors (Lipinski definition) is 2. The Hall–Kier alpha value is -0.0800. The van der Waals surface area contributed by atoms with Crippen molar-refractivity contribution >= 4 is 24.4 Å². The van der Waals surface area contributed by atoms with Crippen molar-refractivity contribution in [2.24, 2.45) is 5.92 Å². The fraction of sp³-hybridized carbons (Fsp3) is 0.571. The highest BCUT2D eigenvalue weighted by molar-refractivity contribution is 7.98. The predicted molar refractivity (Wildman–Crippen MR) is 79.6 cm³/mol. The second kappa shape index (κ2) is 8.08. The maximum atomic E-state index is 4.27. The van der Waals surface area contributed by atoms with Gasteiger partial charge in [-0.3, -0.25) is 0 Å². The molecule has 0 fully saturated rings. The normalized spacial score (nSPS) is 12.7. The van der Waals surface area contributed by atoms with Crippen LogP contribution in [0.4, 0.5) is 0 Å². The zero-order chi connectivity index (χ0) is 11.8. The Morgan fingerprint density at radius 2 is 2.00 bits per heavy atom.